The number of benzene rings is 2. The molecule has 1 aliphatic heterocycles. The molecule has 1 N–H and O–H groups in total. The quantitative estimate of drug-likeness (QED) is 0.728. The molecule has 1 fully saturated rings. The third-order valence-electron chi connectivity index (χ3n) is 4.92. The summed E-state index contributed by atoms with van der Waals surface area (Å²) >= 11 is 0. The number of hydrogen-bond donors (Lipinski definition) is 1. The Bertz CT molecular complexity index is 841. The topological polar surface area (TPSA) is 54.0 Å². The van der Waals surface area contributed by atoms with Gasteiger partial charge in [0, 0.05) is 43.6 Å². The monoisotopic (exact) mass is 395 g/mol. The number of likely N-dealkylation sites (N-methyl/N-ethyl adjacent to an activating group) is 1. The number of piperazine rings is 1. The molecule has 1 aliphatic rings. The molecule has 3 rings (SSSR count). The molecule has 6 nitrogen and oxygen atoms in total. The maximum atomic E-state index is 12.3. The van der Waals surface area contributed by atoms with Gasteiger partial charge >= 0.3 is 0 Å². The van der Waals surface area contributed by atoms with E-state index in [4.69, 9.17) is 9.47 Å². The second-order valence-corrected chi connectivity index (χ2v) is 7.00. The number of ether oxygens (including phenoxy) is 2. The van der Waals surface area contributed by atoms with E-state index in [1.54, 1.807) is 13.2 Å². The van der Waals surface area contributed by atoms with Gasteiger partial charge < -0.3 is 24.6 Å². The lowest BCUT2D eigenvalue weighted by Gasteiger charge is -2.34. The fourth-order valence-electron chi connectivity index (χ4n) is 3.24. The Balaban J connectivity index is 1.57. The fraction of sp³-hybridized carbons (Fsp3) is 0.348. The number of hydrogen-bond acceptors (Lipinski definition) is 5. The molecule has 0 spiro atoms. The molecule has 1 saturated heterocycles. The van der Waals surface area contributed by atoms with E-state index in [2.05, 4.69) is 34.3 Å². The van der Waals surface area contributed by atoms with Crippen molar-refractivity contribution < 1.29 is 14.3 Å². The second-order valence-electron chi connectivity index (χ2n) is 7.00. The molecule has 0 aliphatic carbocycles. The van der Waals surface area contributed by atoms with Crippen LogP contribution in [-0.2, 0) is 4.79 Å². The van der Waals surface area contributed by atoms with E-state index in [0.717, 1.165) is 37.4 Å². The summed E-state index contributed by atoms with van der Waals surface area (Å²) in [4.78, 5) is 17.0. The number of rotatable bonds is 7. The first-order valence-electron chi connectivity index (χ1n) is 9.92. The van der Waals surface area contributed by atoms with Crippen molar-refractivity contribution in [2.45, 2.75) is 6.92 Å². The van der Waals surface area contributed by atoms with E-state index < -0.39 is 0 Å². The SMILES string of the molecule is CCOc1ccc(C=CC(=O)Nc2ccc(N3CCN(C)CC3)cc2)cc1OC. The number of anilines is 2. The normalized spacial score (nSPS) is 14.8. The summed E-state index contributed by atoms with van der Waals surface area (Å²) in [5.74, 6) is 1.16. The van der Waals surface area contributed by atoms with Crippen molar-refractivity contribution >= 4 is 23.4 Å². The lowest BCUT2D eigenvalue weighted by atomic mass is 10.2. The molecule has 1 heterocycles. The number of nitrogens with zero attached hydrogens (tertiary/aromatic N) is 2. The lowest BCUT2D eigenvalue weighted by Crippen LogP contribution is -2.44. The highest BCUT2D eigenvalue weighted by molar-refractivity contribution is 6.02. The zero-order valence-electron chi connectivity index (χ0n) is 17.4. The standard InChI is InChI=1S/C23H29N3O3/c1-4-29-21-11-5-18(17-22(21)28-3)6-12-23(27)24-19-7-9-20(10-8-19)26-15-13-25(2)14-16-26/h5-12,17H,4,13-16H2,1-3H3,(H,24,27). The molecule has 0 unspecified atom stereocenters. The van der Waals surface area contributed by atoms with Crippen molar-refractivity contribution in [2.75, 3.05) is 57.2 Å². The highest BCUT2D eigenvalue weighted by Gasteiger charge is 2.14. The molecule has 0 radical (unpaired) electrons. The smallest absolute Gasteiger partial charge is 0.248 e. The van der Waals surface area contributed by atoms with Gasteiger partial charge in [0.05, 0.1) is 13.7 Å². The number of carbonyl (C=O) groups excluding carboxylic acids is 1. The van der Waals surface area contributed by atoms with Crippen LogP contribution in [0.4, 0.5) is 11.4 Å². The summed E-state index contributed by atoms with van der Waals surface area (Å²) in [7, 11) is 3.75. The summed E-state index contributed by atoms with van der Waals surface area (Å²) in [6.45, 7) is 6.68. The van der Waals surface area contributed by atoms with Crippen molar-refractivity contribution in [2.24, 2.45) is 0 Å². The van der Waals surface area contributed by atoms with E-state index in [-0.39, 0.29) is 5.91 Å². The van der Waals surface area contributed by atoms with E-state index in [1.165, 1.54) is 11.8 Å². The largest absolute Gasteiger partial charge is 0.493 e. The van der Waals surface area contributed by atoms with Crippen LogP contribution in [0.3, 0.4) is 0 Å². The molecule has 6 heteroatoms. The minimum atomic E-state index is -0.176. The first-order chi connectivity index (χ1) is 14.1. The molecule has 2 aromatic carbocycles. The minimum Gasteiger partial charge on any atom is -0.493 e. The van der Waals surface area contributed by atoms with Gasteiger partial charge in [-0.1, -0.05) is 6.07 Å². The average Bonchev–Trinajstić information content (AvgIpc) is 2.74. The first kappa shape index (κ1) is 20.7. The van der Waals surface area contributed by atoms with Gasteiger partial charge in [-0.05, 0) is 62.0 Å². The summed E-state index contributed by atoms with van der Waals surface area (Å²) in [6.07, 6.45) is 3.27. The van der Waals surface area contributed by atoms with Crippen molar-refractivity contribution in [3.8, 4) is 11.5 Å². The molecule has 154 valence electrons. The zero-order valence-corrected chi connectivity index (χ0v) is 17.4. The lowest BCUT2D eigenvalue weighted by molar-refractivity contribution is -0.111. The molecule has 0 aromatic heterocycles. The van der Waals surface area contributed by atoms with Gasteiger partial charge in [-0.3, -0.25) is 4.79 Å². The Morgan fingerprint density at radius 1 is 1.07 bits per heavy atom. The maximum Gasteiger partial charge on any atom is 0.248 e. The molecule has 0 saturated carbocycles. The molecule has 29 heavy (non-hydrogen) atoms. The molecule has 0 atom stereocenters. The van der Waals surface area contributed by atoms with Crippen LogP contribution >= 0.6 is 0 Å². The zero-order chi connectivity index (χ0) is 20.6. The Morgan fingerprint density at radius 2 is 1.79 bits per heavy atom. The predicted octanol–water partition coefficient (Wildman–Crippen LogP) is 3.50. The van der Waals surface area contributed by atoms with Gasteiger partial charge in [0.15, 0.2) is 11.5 Å². The first-order valence-corrected chi connectivity index (χ1v) is 9.92. The highest BCUT2D eigenvalue weighted by Crippen LogP contribution is 2.28. The Labute approximate surface area is 172 Å². The van der Waals surface area contributed by atoms with Crippen LogP contribution in [0.5, 0.6) is 11.5 Å². The van der Waals surface area contributed by atoms with Gasteiger partial charge in [0.25, 0.3) is 0 Å². The van der Waals surface area contributed by atoms with Crippen LogP contribution in [0.25, 0.3) is 6.08 Å². The number of nitrogens with one attached hydrogen (secondary N) is 1. The van der Waals surface area contributed by atoms with Gasteiger partial charge in [-0.2, -0.15) is 0 Å². The van der Waals surface area contributed by atoms with Crippen LogP contribution in [0.1, 0.15) is 12.5 Å². The number of methoxy groups -OCH3 is 1. The summed E-state index contributed by atoms with van der Waals surface area (Å²) < 4.78 is 10.9. The summed E-state index contributed by atoms with van der Waals surface area (Å²) in [5, 5.41) is 2.90. The highest BCUT2D eigenvalue weighted by atomic mass is 16.5. The molecule has 1 amide bonds. The molecule has 2 aromatic rings. The Morgan fingerprint density at radius 3 is 2.45 bits per heavy atom. The Hall–Kier alpha value is -2.99. The van der Waals surface area contributed by atoms with Crippen molar-refractivity contribution in [1.29, 1.82) is 0 Å². The third kappa shape index (κ3) is 5.74. The number of amides is 1. The van der Waals surface area contributed by atoms with Crippen LogP contribution < -0.4 is 19.7 Å². The van der Waals surface area contributed by atoms with Gasteiger partial charge in [-0.15, -0.1) is 0 Å². The van der Waals surface area contributed by atoms with Crippen molar-refractivity contribution in [3.05, 3.63) is 54.1 Å². The maximum absolute atomic E-state index is 12.3. The van der Waals surface area contributed by atoms with Crippen LogP contribution in [0.2, 0.25) is 0 Å². The summed E-state index contributed by atoms with van der Waals surface area (Å²) in [6, 6.07) is 13.6. The third-order valence-corrected chi connectivity index (χ3v) is 4.92. The minimum absolute atomic E-state index is 0.176. The van der Waals surface area contributed by atoms with E-state index in [9.17, 15) is 4.79 Å². The predicted molar refractivity (Wildman–Crippen MR) is 118 cm³/mol. The second kappa shape index (κ2) is 9.98. The number of carbonyl (C=O) groups is 1. The van der Waals surface area contributed by atoms with Gasteiger partial charge in [-0.25, -0.2) is 0 Å². The van der Waals surface area contributed by atoms with Crippen molar-refractivity contribution in [3.63, 3.8) is 0 Å². The van der Waals surface area contributed by atoms with E-state index in [1.807, 2.05) is 37.3 Å². The van der Waals surface area contributed by atoms with Gasteiger partial charge in [0.1, 0.15) is 0 Å². The average molecular weight is 396 g/mol. The molecular formula is C23H29N3O3. The summed E-state index contributed by atoms with van der Waals surface area (Å²) in [5.41, 5.74) is 2.83. The van der Waals surface area contributed by atoms with Crippen LogP contribution in [-0.4, -0.2) is 57.8 Å². The van der Waals surface area contributed by atoms with Crippen molar-refractivity contribution in [1.82, 2.24) is 4.90 Å². The Kier molecular flexibility index (Phi) is 7.14. The fourth-order valence-corrected chi connectivity index (χ4v) is 3.24. The van der Waals surface area contributed by atoms with Crippen LogP contribution in [0.15, 0.2) is 48.5 Å². The van der Waals surface area contributed by atoms with Crippen LogP contribution in [0, 0.1) is 0 Å². The molecule has 0 bridgehead atoms. The van der Waals surface area contributed by atoms with E-state index >= 15 is 0 Å². The van der Waals surface area contributed by atoms with Gasteiger partial charge in [0.2, 0.25) is 5.91 Å². The molecular weight excluding hydrogens is 366 g/mol. The van der Waals surface area contributed by atoms with E-state index in [0.29, 0.717) is 18.1 Å².